The molecule has 0 radical (unpaired) electrons. The predicted molar refractivity (Wildman–Crippen MR) is 72.5 cm³/mol. The zero-order valence-electron chi connectivity index (χ0n) is 11.6. The van der Waals surface area contributed by atoms with E-state index >= 15 is 0 Å². The molecule has 1 rings (SSSR count). The van der Waals surface area contributed by atoms with Crippen molar-refractivity contribution in [2.75, 3.05) is 14.1 Å². The van der Waals surface area contributed by atoms with Crippen molar-refractivity contribution in [2.45, 2.75) is 46.0 Å². The van der Waals surface area contributed by atoms with Crippen LogP contribution < -0.4 is 10.9 Å². The molecule has 0 aromatic carbocycles. The van der Waals surface area contributed by atoms with Crippen LogP contribution in [-0.4, -0.2) is 24.3 Å². The monoisotopic (exact) mass is 239 g/mol. The van der Waals surface area contributed by atoms with E-state index in [1.807, 2.05) is 14.1 Å². The second kappa shape index (κ2) is 8.93. The summed E-state index contributed by atoms with van der Waals surface area (Å²) in [7, 11) is 3.75. The fraction of sp³-hybridized carbons (Fsp3) is 0.692. The van der Waals surface area contributed by atoms with Gasteiger partial charge < -0.3 is 5.32 Å². The first-order valence-electron chi connectivity index (χ1n) is 6.31. The SMILES string of the molecule is CCc1cc(=O)[nH]nc1C(CC)CC.CNC. The Balaban J connectivity index is 0.000000770. The lowest BCUT2D eigenvalue weighted by Crippen LogP contribution is -2.14. The van der Waals surface area contributed by atoms with Crippen molar-refractivity contribution in [3.63, 3.8) is 0 Å². The largest absolute Gasteiger partial charge is 0.323 e. The molecule has 1 aromatic heterocycles. The standard InChI is InChI=1S/C11H18N2O.C2H7N/c1-4-8(5-2)11-9(6-3)7-10(14)12-13-11;1-3-2/h7-8H,4-6H2,1-3H3,(H,12,14);3H,1-2H3. The van der Waals surface area contributed by atoms with E-state index in [1.54, 1.807) is 6.07 Å². The molecule has 17 heavy (non-hydrogen) atoms. The highest BCUT2D eigenvalue weighted by Crippen LogP contribution is 2.22. The van der Waals surface area contributed by atoms with Crippen LogP contribution in [0.1, 0.15) is 50.8 Å². The molecule has 0 spiro atoms. The first-order chi connectivity index (χ1) is 8.14. The first kappa shape index (κ1) is 15.8. The molecule has 0 aliphatic heterocycles. The normalized spacial score (nSPS) is 10.0. The van der Waals surface area contributed by atoms with Crippen LogP contribution in [0.5, 0.6) is 0 Å². The maximum absolute atomic E-state index is 11.1. The minimum atomic E-state index is -0.100. The summed E-state index contributed by atoms with van der Waals surface area (Å²) in [6.07, 6.45) is 3.02. The van der Waals surface area contributed by atoms with Crippen LogP contribution in [0.15, 0.2) is 10.9 Å². The minimum absolute atomic E-state index is 0.100. The van der Waals surface area contributed by atoms with Gasteiger partial charge in [0.25, 0.3) is 5.56 Å². The summed E-state index contributed by atoms with van der Waals surface area (Å²) in [6, 6.07) is 1.67. The summed E-state index contributed by atoms with van der Waals surface area (Å²) in [5.41, 5.74) is 2.05. The van der Waals surface area contributed by atoms with Gasteiger partial charge in [0.1, 0.15) is 0 Å². The highest BCUT2D eigenvalue weighted by atomic mass is 16.1. The molecule has 2 N–H and O–H groups in total. The summed E-state index contributed by atoms with van der Waals surface area (Å²) >= 11 is 0. The Bertz CT molecular complexity index is 356. The van der Waals surface area contributed by atoms with E-state index in [0.29, 0.717) is 5.92 Å². The highest BCUT2D eigenvalue weighted by Gasteiger charge is 2.12. The minimum Gasteiger partial charge on any atom is -0.323 e. The highest BCUT2D eigenvalue weighted by molar-refractivity contribution is 5.20. The first-order valence-corrected chi connectivity index (χ1v) is 6.31. The van der Waals surface area contributed by atoms with E-state index in [4.69, 9.17) is 0 Å². The topological polar surface area (TPSA) is 57.8 Å². The van der Waals surface area contributed by atoms with E-state index in [-0.39, 0.29) is 5.56 Å². The van der Waals surface area contributed by atoms with Crippen molar-refractivity contribution >= 4 is 0 Å². The summed E-state index contributed by atoms with van der Waals surface area (Å²) in [5.74, 6) is 0.474. The second-order valence-corrected chi connectivity index (χ2v) is 4.01. The summed E-state index contributed by atoms with van der Waals surface area (Å²) in [5, 5.41) is 9.42. The summed E-state index contributed by atoms with van der Waals surface area (Å²) in [6.45, 7) is 6.36. The number of rotatable bonds is 4. The van der Waals surface area contributed by atoms with Crippen molar-refractivity contribution in [1.29, 1.82) is 0 Å². The molecule has 0 amide bonds. The van der Waals surface area contributed by atoms with E-state index < -0.39 is 0 Å². The van der Waals surface area contributed by atoms with E-state index in [0.717, 1.165) is 30.5 Å². The Morgan fingerprint density at radius 1 is 1.29 bits per heavy atom. The number of aromatic nitrogens is 2. The number of hydrogen-bond acceptors (Lipinski definition) is 3. The van der Waals surface area contributed by atoms with Gasteiger partial charge in [0.05, 0.1) is 5.69 Å². The Morgan fingerprint density at radius 3 is 2.24 bits per heavy atom. The van der Waals surface area contributed by atoms with Crippen LogP contribution in [0.25, 0.3) is 0 Å². The smallest absolute Gasteiger partial charge is 0.264 e. The predicted octanol–water partition coefficient (Wildman–Crippen LogP) is 2.07. The molecule has 4 nitrogen and oxygen atoms in total. The molecule has 0 fully saturated rings. The molecule has 98 valence electrons. The van der Waals surface area contributed by atoms with Gasteiger partial charge >= 0.3 is 0 Å². The summed E-state index contributed by atoms with van der Waals surface area (Å²) < 4.78 is 0. The lowest BCUT2D eigenvalue weighted by atomic mass is 9.95. The Labute approximate surface area is 104 Å². The van der Waals surface area contributed by atoms with Crippen LogP contribution in [0, 0.1) is 0 Å². The average molecular weight is 239 g/mol. The Morgan fingerprint density at radius 2 is 1.82 bits per heavy atom. The number of nitrogens with zero attached hydrogens (tertiary/aromatic N) is 1. The fourth-order valence-corrected chi connectivity index (χ4v) is 1.76. The molecular weight excluding hydrogens is 214 g/mol. The molecule has 1 aromatic rings. The molecule has 4 heteroatoms. The van der Waals surface area contributed by atoms with Gasteiger partial charge in [0.2, 0.25) is 0 Å². The number of H-pyrrole nitrogens is 1. The number of hydrogen-bond donors (Lipinski definition) is 2. The molecule has 0 aliphatic rings. The number of aryl methyl sites for hydroxylation is 1. The van der Waals surface area contributed by atoms with Crippen LogP contribution in [0.2, 0.25) is 0 Å². The van der Waals surface area contributed by atoms with Crippen molar-refractivity contribution < 1.29 is 0 Å². The molecule has 0 saturated heterocycles. The molecule has 0 aliphatic carbocycles. The molecule has 0 bridgehead atoms. The van der Waals surface area contributed by atoms with Crippen LogP contribution in [0.3, 0.4) is 0 Å². The average Bonchev–Trinajstić information content (AvgIpc) is 2.33. The van der Waals surface area contributed by atoms with Gasteiger partial charge in [-0.05, 0) is 38.9 Å². The van der Waals surface area contributed by atoms with Gasteiger partial charge in [-0.2, -0.15) is 5.10 Å². The second-order valence-electron chi connectivity index (χ2n) is 4.01. The number of aromatic amines is 1. The van der Waals surface area contributed by atoms with Crippen molar-refractivity contribution in [1.82, 2.24) is 15.5 Å². The van der Waals surface area contributed by atoms with Crippen molar-refractivity contribution in [2.24, 2.45) is 0 Å². The van der Waals surface area contributed by atoms with E-state index in [2.05, 4.69) is 36.3 Å². The van der Waals surface area contributed by atoms with Gasteiger partial charge in [0.15, 0.2) is 0 Å². The fourth-order valence-electron chi connectivity index (χ4n) is 1.76. The van der Waals surface area contributed by atoms with Crippen molar-refractivity contribution in [3.05, 3.63) is 27.7 Å². The zero-order valence-corrected chi connectivity index (χ0v) is 11.6. The molecular formula is C13H25N3O. The van der Waals surface area contributed by atoms with Crippen LogP contribution in [-0.2, 0) is 6.42 Å². The van der Waals surface area contributed by atoms with Gasteiger partial charge in [0, 0.05) is 12.0 Å². The third kappa shape index (κ3) is 5.13. The van der Waals surface area contributed by atoms with Gasteiger partial charge in [-0.25, -0.2) is 5.10 Å². The lowest BCUT2D eigenvalue weighted by Gasteiger charge is -2.14. The van der Waals surface area contributed by atoms with Gasteiger partial charge in [-0.3, -0.25) is 4.79 Å². The Hall–Kier alpha value is -1.16. The molecule has 1 heterocycles. The zero-order chi connectivity index (χ0) is 13.3. The van der Waals surface area contributed by atoms with E-state index in [1.165, 1.54) is 0 Å². The van der Waals surface area contributed by atoms with E-state index in [9.17, 15) is 4.79 Å². The van der Waals surface area contributed by atoms with Gasteiger partial charge in [-0.1, -0.05) is 20.8 Å². The third-order valence-electron chi connectivity index (χ3n) is 2.67. The third-order valence-corrected chi connectivity index (χ3v) is 2.67. The van der Waals surface area contributed by atoms with Crippen LogP contribution in [0.4, 0.5) is 0 Å². The molecule has 0 atom stereocenters. The van der Waals surface area contributed by atoms with Crippen LogP contribution >= 0.6 is 0 Å². The quantitative estimate of drug-likeness (QED) is 0.845. The molecule has 0 unspecified atom stereocenters. The summed E-state index contributed by atoms with van der Waals surface area (Å²) in [4.78, 5) is 11.1. The van der Waals surface area contributed by atoms with Gasteiger partial charge in [-0.15, -0.1) is 0 Å². The lowest BCUT2D eigenvalue weighted by molar-refractivity contribution is 0.602. The maximum Gasteiger partial charge on any atom is 0.264 e. The maximum atomic E-state index is 11.1. The van der Waals surface area contributed by atoms with Crippen molar-refractivity contribution in [3.8, 4) is 0 Å². The molecule has 0 saturated carbocycles. The number of nitrogens with one attached hydrogen (secondary N) is 2. The Kier molecular flexibility index (Phi) is 8.32.